The van der Waals surface area contributed by atoms with Crippen molar-refractivity contribution in [1.82, 2.24) is 24.6 Å². The summed E-state index contributed by atoms with van der Waals surface area (Å²) in [5.74, 6) is 0.110. The molecule has 1 aliphatic rings. The largest absolute Gasteiger partial charge is 0.378 e. The Hall–Kier alpha value is -2.45. The number of carbonyl (C=O) groups is 2. The first-order valence-corrected chi connectivity index (χ1v) is 8.64. The van der Waals surface area contributed by atoms with E-state index < -0.39 is 5.91 Å². The minimum absolute atomic E-state index is 0.0205. The Morgan fingerprint density at radius 3 is 2.54 bits per heavy atom. The fourth-order valence-corrected chi connectivity index (χ4v) is 2.79. The molecule has 2 amide bonds. The molecule has 2 aromatic rings. The first-order chi connectivity index (χ1) is 12.5. The molecule has 9 heteroatoms. The van der Waals surface area contributed by atoms with Crippen molar-refractivity contribution in [1.29, 1.82) is 0 Å². The summed E-state index contributed by atoms with van der Waals surface area (Å²) in [5, 5.41) is 4.89. The van der Waals surface area contributed by atoms with E-state index in [2.05, 4.69) is 10.1 Å². The lowest BCUT2D eigenvalue weighted by Gasteiger charge is -2.28. The minimum atomic E-state index is -0.401. The monoisotopic (exact) mass is 377 g/mol. The zero-order chi connectivity index (χ0) is 18.7. The molecule has 138 valence electrons. The van der Waals surface area contributed by atoms with Crippen LogP contribution in [0.5, 0.6) is 0 Å². The molecule has 0 radical (unpaired) electrons. The molecule has 2 heterocycles. The lowest BCUT2D eigenvalue weighted by Crippen LogP contribution is -2.46. The highest BCUT2D eigenvalue weighted by Crippen LogP contribution is 2.14. The Kier molecular flexibility index (Phi) is 5.53. The van der Waals surface area contributed by atoms with Crippen molar-refractivity contribution in [2.45, 2.75) is 6.92 Å². The number of morpholine rings is 1. The van der Waals surface area contributed by atoms with Gasteiger partial charge in [-0.05, 0) is 31.2 Å². The molecule has 0 unspecified atom stereocenters. The van der Waals surface area contributed by atoms with Gasteiger partial charge in [0.25, 0.3) is 5.91 Å². The molecule has 0 bridgehead atoms. The number of benzene rings is 1. The molecule has 1 aliphatic heterocycles. The number of ether oxygens (including phenoxy) is 1. The van der Waals surface area contributed by atoms with Gasteiger partial charge in [0.1, 0.15) is 5.82 Å². The molecule has 0 atom stereocenters. The van der Waals surface area contributed by atoms with E-state index in [1.807, 2.05) is 0 Å². The van der Waals surface area contributed by atoms with Crippen molar-refractivity contribution in [3.63, 3.8) is 0 Å². The van der Waals surface area contributed by atoms with E-state index in [0.717, 1.165) is 5.69 Å². The first kappa shape index (κ1) is 18.3. The second-order valence-electron chi connectivity index (χ2n) is 6.03. The molecule has 8 nitrogen and oxygen atoms in total. The molecular weight excluding hydrogens is 358 g/mol. The summed E-state index contributed by atoms with van der Waals surface area (Å²) < 4.78 is 6.80. The standard InChI is InChI=1S/C17H20ClN5O3/c1-12-19-16(20-23(12)14-5-3-13(18)4-6-14)17(25)21(2)11-15(24)22-7-9-26-10-8-22/h3-6H,7-11H2,1-2H3. The van der Waals surface area contributed by atoms with Crippen LogP contribution >= 0.6 is 11.6 Å². The summed E-state index contributed by atoms with van der Waals surface area (Å²) >= 11 is 5.90. The van der Waals surface area contributed by atoms with Crippen LogP contribution in [0.4, 0.5) is 0 Å². The Balaban J connectivity index is 1.70. The number of rotatable bonds is 4. The summed E-state index contributed by atoms with van der Waals surface area (Å²) in [4.78, 5) is 32.1. The molecule has 26 heavy (non-hydrogen) atoms. The van der Waals surface area contributed by atoms with Crippen LogP contribution in [0.1, 0.15) is 16.4 Å². The number of aryl methyl sites for hydroxylation is 1. The SMILES string of the molecule is Cc1nc(C(=O)N(C)CC(=O)N2CCOCC2)nn1-c1ccc(Cl)cc1. The fourth-order valence-electron chi connectivity index (χ4n) is 2.67. The van der Waals surface area contributed by atoms with Gasteiger partial charge in [-0.15, -0.1) is 5.10 Å². The van der Waals surface area contributed by atoms with Crippen LogP contribution in [0.15, 0.2) is 24.3 Å². The van der Waals surface area contributed by atoms with E-state index in [1.54, 1.807) is 47.8 Å². The number of amides is 2. The average Bonchev–Trinajstić information content (AvgIpc) is 3.04. The van der Waals surface area contributed by atoms with Crippen LogP contribution in [-0.2, 0) is 9.53 Å². The van der Waals surface area contributed by atoms with E-state index in [-0.39, 0.29) is 18.3 Å². The molecule has 1 aromatic carbocycles. The topological polar surface area (TPSA) is 80.6 Å². The van der Waals surface area contributed by atoms with Gasteiger partial charge >= 0.3 is 0 Å². The molecule has 1 saturated heterocycles. The van der Waals surface area contributed by atoms with Crippen LogP contribution in [-0.4, -0.2) is 76.3 Å². The van der Waals surface area contributed by atoms with Gasteiger partial charge in [0.2, 0.25) is 11.7 Å². The van der Waals surface area contributed by atoms with Crippen molar-refractivity contribution in [2.75, 3.05) is 39.9 Å². The second-order valence-corrected chi connectivity index (χ2v) is 6.46. The van der Waals surface area contributed by atoms with Gasteiger partial charge in [-0.1, -0.05) is 11.6 Å². The van der Waals surface area contributed by atoms with Crippen molar-refractivity contribution in [2.24, 2.45) is 0 Å². The van der Waals surface area contributed by atoms with Crippen molar-refractivity contribution >= 4 is 23.4 Å². The second kappa shape index (κ2) is 7.84. The zero-order valence-electron chi connectivity index (χ0n) is 14.7. The lowest BCUT2D eigenvalue weighted by atomic mass is 10.3. The number of hydrogen-bond acceptors (Lipinski definition) is 5. The summed E-state index contributed by atoms with van der Waals surface area (Å²) in [6.45, 7) is 3.88. The highest BCUT2D eigenvalue weighted by Gasteiger charge is 2.24. The molecule has 1 fully saturated rings. The van der Waals surface area contributed by atoms with Crippen LogP contribution < -0.4 is 0 Å². The van der Waals surface area contributed by atoms with E-state index in [4.69, 9.17) is 16.3 Å². The third-order valence-corrected chi connectivity index (χ3v) is 4.37. The number of carbonyl (C=O) groups excluding carboxylic acids is 2. The Bertz CT molecular complexity index is 799. The van der Waals surface area contributed by atoms with E-state index in [9.17, 15) is 9.59 Å². The summed E-state index contributed by atoms with van der Waals surface area (Å²) in [5.41, 5.74) is 0.755. The van der Waals surface area contributed by atoms with Gasteiger partial charge in [0.15, 0.2) is 0 Å². The maximum absolute atomic E-state index is 12.6. The Labute approximate surface area is 156 Å². The van der Waals surface area contributed by atoms with Gasteiger partial charge in [-0.25, -0.2) is 9.67 Å². The molecular formula is C17H20ClN5O3. The molecule has 1 aromatic heterocycles. The summed E-state index contributed by atoms with van der Waals surface area (Å²) in [6.07, 6.45) is 0. The van der Waals surface area contributed by atoms with Crippen LogP contribution in [0, 0.1) is 6.92 Å². The first-order valence-electron chi connectivity index (χ1n) is 8.26. The highest BCUT2D eigenvalue weighted by molar-refractivity contribution is 6.30. The third kappa shape index (κ3) is 4.03. The van der Waals surface area contributed by atoms with Gasteiger partial charge in [0, 0.05) is 25.2 Å². The molecule has 0 aliphatic carbocycles. The zero-order valence-corrected chi connectivity index (χ0v) is 15.4. The fraction of sp³-hybridized carbons (Fsp3) is 0.412. The Morgan fingerprint density at radius 2 is 1.88 bits per heavy atom. The predicted molar refractivity (Wildman–Crippen MR) is 95.5 cm³/mol. The lowest BCUT2D eigenvalue weighted by molar-refractivity contribution is -0.135. The van der Waals surface area contributed by atoms with Gasteiger partial charge in [-0.3, -0.25) is 9.59 Å². The van der Waals surface area contributed by atoms with Crippen LogP contribution in [0.3, 0.4) is 0 Å². The van der Waals surface area contributed by atoms with Gasteiger partial charge in [-0.2, -0.15) is 0 Å². The van der Waals surface area contributed by atoms with Gasteiger partial charge in [0.05, 0.1) is 25.4 Å². The van der Waals surface area contributed by atoms with Gasteiger partial charge < -0.3 is 14.5 Å². The van der Waals surface area contributed by atoms with Crippen LogP contribution in [0.2, 0.25) is 5.02 Å². The van der Waals surface area contributed by atoms with Crippen molar-refractivity contribution in [3.05, 3.63) is 40.9 Å². The molecule has 3 rings (SSSR count). The minimum Gasteiger partial charge on any atom is -0.378 e. The number of halogens is 1. The molecule has 0 N–H and O–H groups in total. The Morgan fingerprint density at radius 1 is 1.23 bits per heavy atom. The smallest absolute Gasteiger partial charge is 0.293 e. The predicted octanol–water partition coefficient (Wildman–Crippen LogP) is 1.16. The maximum atomic E-state index is 12.6. The number of aromatic nitrogens is 3. The quantitative estimate of drug-likeness (QED) is 0.798. The molecule has 0 spiro atoms. The highest BCUT2D eigenvalue weighted by atomic mass is 35.5. The normalized spacial score (nSPS) is 14.3. The summed E-state index contributed by atoms with van der Waals surface area (Å²) in [7, 11) is 1.57. The van der Waals surface area contributed by atoms with E-state index in [0.29, 0.717) is 37.2 Å². The van der Waals surface area contributed by atoms with E-state index in [1.165, 1.54) is 4.90 Å². The number of hydrogen-bond donors (Lipinski definition) is 0. The third-order valence-electron chi connectivity index (χ3n) is 4.11. The average molecular weight is 378 g/mol. The van der Waals surface area contributed by atoms with Crippen LogP contribution in [0.25, 0.3) is 5.69 Å². The van der Waals surface area contributed by atoms with E-state index >= 15 is 0 Å². The number of nitrogens with zero attached hydrogens (tertiary/aromatic N) is 5. The van der Waals surface area contributed by atoms with Crippen molar-refractivity contribution < 1.29 is 14.3 Å². The molecule has 0 saturated carbocycles. The number of likely N-dealkylation sites (N-methyl/N-ethyl adjacent to an activating group) is 1. The van der Waals surface area contributed by atoms with Crippen molar-refractivity contribution in [3.8, 4) is 5.69 Å². The maximum Gasteiger partial charge on any atom is 0.293 e. The summed E-state index contributed by atoms with van der Waals surface area (Å²) in [6, 6.07) is 7.08.